The highest BCUT2D eigenvalue weighted by molar-refractivity contribution is 5.85. The number of hydrogen-bond donors (Lipinski definition) is 2. The van der Waals surface area contributed by atoms with Gasteiger partial charge < -0.3 is 24.8 Å². The van der Waals surface area contributed by atoms with Crippen LogP contribution in [0.3, 0.4) is 0 Å². The number of piperidine rings is 1. The summed E-state index contributed by atoms with van der Waals surface area (Å²) in [6.07, 6.45) is 1.33. The molecule has 2 N–H and O–H groups in total. The molecule has 0 spiro atoms. The number of carbonyl (C=O) groups is 1. The number of hydrogen-bond acceptors (Lipinski definition) is 5. The molecule has 1 saturated heterocycles. The van der Waals surface area contributed by atoms with Gasteiger partial charge in [-0.1, -0.05) is 6.07 Å². The van der Waals surface area contributed by atoms with E-state index >= 15 is 0 Å². The smallest absolute Gasteiger partial charge is 0.254 e. The van der Waals surface area contributed by atoms with Crippen LogP contribution < -0.4 is 10.1 Å². The molecule has 0 radical (unpaired) electrons. The first-order valence-electron chi connectivity index (χ1n) is 7.40. The molecule has 0 aliphatic carbocycles. The molecule has 0 atom stereocenters. The number of aromatic hydroxyl groups is 1. The number of nitrogens with one attached hydrogen (secondary N) is 1. The Labute approximate surface area is 131 Å². The zero-order valence-electron chi connectivity index (χ0n) is 13.4. The van der Waals surface area contributed by atoms with E-state index in [9.17, 15) is 9.90 Å². The molecule has 0 bridgehead atoms. The fourth-order valence-corrected chi connectivity index (χ4v) is 2.86. The van der Waals surface area contributed by atoms with E-state index in [0.29, 0.717) is 25.1 Å². The molecule has 0 unspecified atom stereocenters. The molecule has 6 nitrogen and oxygen atoms in total. The topological polar surface area (TPSA) is 71.0 Å². The molecule has 1 aromatic carbocycles. The number of benzene rings is 1. The number of nitrogens with zero attached hydrogens (tertiary/aromatic N) is 1. The van der Waals surface area contributed by atoms with Gasteiger partial charge in [0.1, 0.15) is 5.60 Å². The lowest BCUT2D eigenvalue weighted by atomic mass is 9.90. The normalized spacial score (nSPS) is 17.0. The number of likely N-dealkylation sites (N-methyl/N-ethyl adjacent to an activating group) is 1. The highest BCUT2D eigenvalue weighted by atomic mass is 16.5. The maximum absolute atomic E-state index is 12.7. The predicted octanol–water partition coefficient (Wildman–Crippen LogP) is 1.13. The predicted molar refractivity (Wildman–Crippen MR) is 83.0 cm³/mol. The molecule has 22 heavy (non-hydrogen) atoms. The van der Waals surface area contributed by atoms with Crippen LogP contribution in [0, 0.1) is 0 Å². The van der Waals surface area contributed by atoms with Crippen LogP contribution in [0.1, 0.15) is 18.4 Å². The number of ether oxygens (including phenoxy) is 2. The Balaban J connectivity index is 2.09. The Morgan fingerprint density at radius 1 is 1.36 bits per heavy atom. The second kappa shape index (κ2) is 6.98. The average molecular weight is 308 g/mol. The van der Waals surface area contributed by atoms with Crippen molar-refractivity contribution in [3.05, 3.63) is 23.8 Å². The Morgan fingerprint density at radius 3 is 2.59 bits per heavy atom. The fourth-order valence-electron chi connectivity index (χ4n) is 2.86. The summed E-state index contributed by atoms with van der Waals surface area (Å²) in [5, 5.41) is 13.1. The molecule has 1 aromatic rings. The minimum absolute atomic E-state index is 0.0215. The standard InChI is InChI=1S/C16H24N2O4/c1-18(11-12-4-5-14(21-2)13(19)10-12)15(20)16(22-3)6-8-17-9-7-16/h4-5,10,17,19H,6-9,11H2,1-3H3. The van der Waals surface area contributed by atoms with Crippen molar-refractivity contribution in [1.82, 2.24) is 10.2 Å². The van der Waals surface area contributed by atoms with Crippen LogP contribution in [0.15, 0.2) is 18.2 Å². The van der Waals surface area contributed by atoms with Crippen molar-refractivity contribution in [2.24, 2.45) is 0 Å². The minimum Gasteiger partial charge on any atom is -0.504 e. The van der Waals surface area contributed by atoms with Crippen LogP contribution in [0.5, 0.6) is 11.5 Å². The summed E-state index contributed by atoms with van der Waals surface area (Å²) in [7, 11) is 4.85. The van der Waals surface area contributed by atoms with Crippen LogP contribution in [-0.2, 0) is 16.1 Å². The van der Waals surface area contributed by atoms with Gasteiger partial charge in [0.25, 0.3) is 5.91 Å². The molecule has 1 aliphatic heterocycles. The van der Waals surface area contributed by atoms with Crippen molar-refractivity contribution in [2.75, 3.05) is 34.4 Å². The van der Waals surface area contributed by atoms with Gasteiger partial charge in [-0.05, 0) is 43.6 Å². The van der Waals surface area contributed by atoms with Crippen molar-refractivity contribution in [2.45, 2.75) is 25.0 Å². The van der Waals surface area contributed by atoms with Gasteiger partial charge in [-0.2, -0.15) is 0 Å². The van der Waals surface area contributed by atoms with Gasteiger partial charge in [-0.15, -0.1) is 0 Å². The summed E-state index contributed by atoms with van der Waals surface area (Å²) >= 11 is 0. The number of phenolic OH excluding ortho intramolecular Hbond substituents is 1. The molecule has 0 aromatic heterocycles. The third kappa shape index (κ3) is 3.34. The quantitative estimate of drug-likeness (QED) is 0.853. The van der Waals surface area contributed by atoms with Crippen LogP contribution in [-0.4, -0.2) is 55.9 Å². The number of phenols is 1. The first-order valence-corrected chi connectivity index (χ1v) is 7.40. The number of rotatable bonds is 5. The number of methoxy groups -OCH3 is 2. The van der Waals surface area contributed by atoms with Crippen molar-refractivity contribution in [3.8, 4) is 11.5 Å². The van der Waals surface area contributed by atoms with Crippen molar-refractivity contribution < 1.29 is 19.4 Å². The molecule has 2 rings (SSSR count). The van der Waals surface area contributed by atoms with E-state index in [4.69, 9.17) is 9.47 Å². The summed E-state index contributed by atoms with van der Waals surface area (Å²) in [4.78, 5) is 14.4. The first-order chi connectivity index (χ1) is 10.5. The lowest BCUT2D eigenvalue weighted by Gasteiger charge is -2.37. The van der Waals surface area contributed by atoms with E-state index < -0.39 is 5.60 Å². The average Bonchev–Trinajstić information content (AvgIpc) is 2.55. The van der Waals surface area contributed by atoms with E-state index in [1.807, 2.05) is 6.07 Å². The second-order valence-electron chi connectivity index (χ2n) is 5.62. The molecule has 1 amide bonds. The van der Waals surface area contributed by atoms with Gasteiger partial charge in [0.05, 0.1) is 7.11 Å². The van der Waals surface area contributed by atoms with E-state index in [-0.39, 0.29) is 11.7 Å². The molecular weight excluding hydrogens is 284 g/mol. The SMILES string of the molecule is COc1ccc(CN(C)C(=O)C2(OC)CCNCC2)cc1O. The maximum atomic E-state index is 12.7. The van der Waals surface area contributed by atoms with Crippen molar-refractivity contribution >= 4 is 5.91 Å². The van der Waals surface area contributed by atoms with Gasteiger partial charge in [0.2, 0.25) is 0 Å². The number of carbonyl (C=O) groups excluding carboxylic acids is 1. The zero-order valence-corrected chi connectivity index (χ0v) is 13.4. The summed E-state index contributed by atoms with van der Waals surface area (Å²) < 4.78 is 10.6. The maximum Gasteiger partial charge on any atom is 0.254 e. The molecule has 122 valence electrons. The van der Waals surface area contributed by atoms with Crippen LogP contribution in [0.25, 0.3) is 0 Å². The van der Waals surface area contributed by atoms with Gasteiger partial charge >= 0.3 is 0 Å². The largest absolute Gasteiger partial charge is 0.504 e. The first kappa shape index (κ1) is 16.6. The van der Waals surface area contributed by atoms with Gasteiger partial charge in [0.15, 0.2) is 11.5 Å². The Bertz CT molecular complexity index is 527. The van der Waals surface area contributed by atoms with E-state index in [1.54, 1.807) is 31.2 Å². The van der Waals surface area contributed by atoms with Gasteiger partial charge in [-0.25, -0.2) is 0 Å². The summed E-state index contributed by atoms with van der Waals surface area (Å²) in [6, 6.07) is 5.15. The van der Waals surface area contributed by atoms with E-state index in [1.165, 1.54) is 7.11 Å². The van der Waals surface area contributed by atoms with E-state index in [2.05, 4.69) is 5.32 Å². The lowest BCUT2D eigenvalue weighted by Crippen LogP contribution is -2.54. The molecule has 1 heterocycles. The number of amides is 1. The highest BCUT2D eigenvalue weighted by Gasteiger charge is 2.41. The van der Waals surface area contributed by atoms with Crippen LogP contribution in [0.2, 0.25) is 0 Å². The van der Waals surface area contributed by atoms with Gasteiger partial charge in [0, 0.05) is 20.7 Å². The summed E-state index contributed by atoms with van der Waals surface area (Å²) in [6.45, 7) is 1.96. The Morgan fingerprint density at radius 2 is 2.05 bits per heavy atom. The molecular formula is C16H24N2O4. The van der Waals surface area contributed by atoms with Crippen LogP contribution >= 0.6 is 0 Å². The third-order valence-electron chi connectivity index (χ3n) is 4.20. The second-order valence-corrected chi connectivity index (χ2v) is 5.62. The van der Waals surface area contributed by atoms with Crippen molar-refractivity contribution in [3.63, 3.8) is 0 Å². The summed E-state index contributed by atoms with van der Waals surface area (Å²) in [5.74, 6) is 0.473. The fraction of sp³-hybridized carbons (Fsp3) is 0.562. The van der Waals surface area contributed by atoms with E-state index in [0.717, 1.165) is 18.7 Å². The summed E-state index contributed by atoms with van der Waals surface area (Å²) in [5.41, 5.74) is 0.100. The zero-order chi connectivity index (χ0) is 16.2. The minimum atomic E-state index is -0.742. The van der Waals surface area contributed by atoms with Crippen LogP contribution in [0.4, 0.5) is 0 Å². The lowest BCUT2D eigenvalue weighted by molar-refractivity contribution is -0.157. The highest BCUT2D eigenvalue weighted by Crippen LogP contribution is 2.28. The molecule has 1 fully saturated rings. The Kier molecular flexibility index (Phi) is 5.26. The van der Waals surface area contributed by atoms with Gasteiger partial charge in [-0.3, -0.25) is 4.79 Å². The molecule has 0 saturated carbocycles. The Hall–Kier alpha value is -1.79. The van der Waals surface area contributed by atoms with Crippen molar-refractivity contribution in [1.29, 1.82) is 0 Å². The third-order valence-corrected chi connectivity index (χ3v) is 4.20. The molecule has 6 heteroatoms. The molecule has 1 aliphatic rings. The monoisotopic (exact) mass is 308 g/mol.